The van der Waals surface area contributed by atoms with E-state index in [9.17, 15) is 9.59 Å². The Morgan fingerprint density at radius 3 is 2.47 bits per heavy atom. The molecule has 5 aromatic rings. The van der Waals surface area contributed by atoms with E-state index in [1.54, 1.807) is 42.5 Å². The molecule has 180 valence electrons. The third-order valence-electron chi connectivity index (χ3n) is 5.21. The molecule has 0 aliphatic rings. The summed E-state index contributed by atoms with van der Waals surface area (Å²) in [6, 6.07) is 22.7. The largest absolute Gasteiger partial charge is 0.491 e. The third-order valence-corrected chi connectivity index (χ3v) is 5.21. The van der Waals surface area contributed by atoms with E-state index in [1.165, 1.54) is 17.0 Å². The lowest BCUT2D eigenvalue weighted by Crippen LogP contribution is -2.18. The smallest absolute Gasteiger partial charge is 0.256 e. The van der Waals surface area contributed by atoms with Gasteiger partial charge in [-0.2, -0.15) is 9.78 Å². The number of H-pyrrole nitrogens is 1. The normalized spacial score (nSPS) is 11.0. The number of rotatable bonds is 7. The zero-order chi connectivity index (χ0) is 25.1. The Morgan fingerprint density at radius 1 is 1.00 bits per heavy atom. The van der Waals surface area contributed by atoms with Gasteiger partial charge in [-0.15, -0.1) is 0 Å². The van der Waals surface area contributed by atoms with Crippen molar-refractivity contribution in [1.29, 1.82) is 0 Å². The second-order valence-corrected chi connectivity index (χ2v) is 8.27. The molecule has 0 aliphatic carbocycles. The molecule has 0 bridgehead atoms. The highest BCUT2D eigenvalue weighted by atomic mass is 16.5. The molecule has 9 nitrogen and oxygen atoms in total. The standard InChI is InChI=1S/C27H23N5O4/c1-17(2)36-20-12-10-19(11-13-20)26(34)29-24-15-22(23-9-6-14-35-23)31-32(24)27-28-21(16-25(33)30-27)18-7-4-3-5-8-18/h3-17H,1-2H3,(H,29,34)(H,28,30,33). The topological polar surface area (TPSA) is 115 Å². The van der Waals surface area contributed by atoms with Crippen molar-refractivity contribution in [2.75, 3.05) is 5.32 Å². The van der Waals surface area contributed by atoms with Crippen molar-refractivity contribution in [3.05, 3.63) is 101 Å². The maximum atomic E-state index is 13.1. The molecule has 0 atom stereocenters. The van der Waals surface area contributed by atoms with Crippen molar-refractivity contribution >= 4 is 11.7 Å². The summed E-state index contributed by atoms with van der Waals surface area (Å²) in [7, 11) is 0. The van der Waals surface area contributed by atoms with Gasteiger partial charge in [0.2, 0.25) is 5.95 Å². The zero-order valence-corrected chi connectivity index (χ0v) is 19.6. The first-order valence-electron chi connectivity index (χ1n) is 11.4. The van der Waals surface area contributed by atoms with E-state index in [2.05, 4.69) is 20.4 Å². The maximum absolute atomic E-state index is 13.1. The Hall–Kier alpha value is -4.92. The van der Waals surface area contributed by atoms with Gasteiger partial charge in [0.05, 0.1) is 18.1 Å². The molecule has 0 unspecified atom stereocenters. The van der Waals surface area contributed by atoms with Crippen LogP contribution in [0.25, 0.3) is 28.7 Å². The number of furan rings is 1. The quantitative estimate of drug-likeness (QED) is 0.341. The van der Waals surface area contributed by atoms with Crippen LogP contribution in [0, 0.1) is 0 Å². The summed E-state index contributed by atoms with van der Waals surface area (Å²) in [5.74, 6) is 1.27. The summed E-state index contributed by atoms with van der Waals surface area (Å²) in [5.41, 5.74) is 1.79. The second kappa shape index (κ2) is 9.75. The molecule has 0 saturated carbocycles. The highest BCUT2D eigenvalue weighted by Gasteiger charge is 2.18. The van der Waals surface area contributed by atoms with Gasteiger partial charge >= 0.3 is 0 Å². The van der Waals surface area contributed by atoms with Crippen molar-refractivity contribution in [2.24, 2.45) is 0 Å². The van der Waals surface area contributed by atoms with Crippen LogP contribution in [0.1, 0.15) is 24.2 Å². The fraction of sp³-hybridized carbons (Fsp3) is 0.111. The first-order valence-corrected chi connectivity index (χ1v) is 11.4. The molecular weight excluding hydrogens is 458 g/mol. The van der Waals surface area contributed by atoms with Crippen molar-refractivity contribution < 1.29 is 13.9 Å². The Balaban J connectivity index is 1.52. The zero-order valence-electron chi connectivity index (χ0n) is 19.6. The van der Waals surface area contributed by atoms with Crippen LogP contribution in [0.3, 0.4) is 0 Å². The molecule has 2 N–H and O–H groups in total. The maximum Gasteiger partial charge on any atom is 0.256 e. The minimum Gasteiger partial charge on any atom is -0.491 e. The minimum absolute atomic E-state index is 0.0281. The van der Waals surface area contributed by atoms with E-state index in [-0.39, 0.29) is 23.5 Å². The first kappa shape index (κ1) is 22.9. The molecule has 3 aromatic heterocycles. The van der Waals surface area contributed by atoms with E-state index in [1.807, 2.05) is 44.2 Å². The fourth-order valence-corrected chi connectivity index (χ4v) is 3.62. The Morgan fingerprint density at radius 2 is 1.78 bits per heavy atom. The van der Waals surface area contributed by atoms with Crippen LogP contribution in [0.5, 0.6) is 5.75 Å². The lowest BCUT2D eigenvalue weighted by Gasteiger charge is -2.11. The number of nitrogens with one attached hydrogen (secondary N) is 2. The average molecular weight is 482 g/mol. The number of hydrogen-bond acceptors (Lipinski definition) is 6. The lowest BCUT2D eigenvalue weighted by atomic mass is 10.1. The van der Waals surface area contributed by atoms with E-state index in [0.29, 0.717) is 34.3 Å². The molecule has 0 radical (unpaired) electrons. The van der Waals surface area contributed by atoms with Gasteiger partial charge in [0, 0.05) is 23.3 Å². The average Bonchev–Trinajstić information content (AvgIpc) is 3.55. The molecule has 0 aliphatic heterocycles. The highest BCUT2D eigenvalue weighted by Crippen LogP contribution is 2.25. The SMILES string of the molecule is CC(C)Oc1ccc(C(=O)Nc2cc(-c3ccco3)nn2-c2nc(-c3ccccc3)cc(=O)[nH]2)cc1. The summed E-state index contributed by atoms with van der Waals surface area (Å²) in [5, 5.41) is 7.41. The summed E-state index contributed by atoms with van der Waals surface area (Å²) >= 11 is 0. The van der Waals surface area contributed by atoms with Gasteiger partial charge in [0.1, 0.15) is 17.3 Å². The molecule has 5 rings (SSSR count). The summed E-state index contributed by atoms with van der Waals surface area (Å²) in [4.78, 5) is 32.9. The molecule has 0 fully saturated rings. The Kier molecular flexibility index (Phi) is 6.19. The molecule has 2 aromatic carbocycles. The van der Waals surface area contributed by atoms with Crippen LogP contribution in [0.4, 0.5) is 5.82 Å². The molecule has 0 spiro atoms. The number of aromatic amines is 1. The van der Waals surface area contributed by atoms with Crippen LogP contribution < -0.4 is 15.6 Å². The number of hydrogen-bond donors (Lipinski definition) is 2. The van der Waals surface area contributed by atoms with Crippen LogP contribution >= 0.6 is 0 Å². The number of anilines is 1. The van der Waals surface area contributed by atoms with E-state index in [0.717, 1.165) is 5.56 Å². The minimum atomic E-state index is -0.361. The number of aromatic nitrogens is 4. The number of carbonyl (C=O) groups is 1. The highest BCUT2D eigenvalue weighted by molar-refractivity contribution is 6.04. The van der Waals surface area contributed by atoms with Gasteiger partial charge in [-0.3, -0.25) is 14.6 Å². The number of nitrogens with zero attached hydrogens (tertiary/aromatic N) is 3. The van der Waals surface area contributed by atoms with Crippen LogP contribution in [0.15, 0.2) is 94.3 Å². The predicted molar refractivity (Wildman–Crippen MR) is 135 cm³/mol. The van der Waals surface area contributed by atoms with Crippen LogP contribution in [0.2, 0.25) is 0 Å². The number of benzene rings is 2. The van der Waals surface area contributed by atoms with Gasteiger partial charge in [-0.05, 0) is 50.2 Å². The molecule has 9 heteroatoms. The van der Waals surface area contributed by atoms with Crippen LogP contribution in [-0.2, 0) is 0 Å². The van der Waals surface area contributed by atoms with Crippen molar-refractivity contribution in [3.8, 4) is 34.4 Å². The number of carbonyl (C=O) groups excluding carboxylic acids is 1. The first-order chi connectivity index (χ1) is 17.5. The summed E-state index contributed by atoms with van der Waals surface area (Å²) in [6.07, 6.45) is 1.56. The fourth-order valence-electron chi connectivity index (χ4n) is 3.62. The van der Waals surface area contributed by atoms with Crippen LogP contribution in [-0.4, -0.2) is 31.8 Å². The lowest BCUT2D eigenvalue weighted by molar-refractivity contribution is 0.102. The van der Waals surface area contributed by atoms with Gasteiger partial charge in [-0.25, -0.2) is 4.98 Å². The molecule has 36 heavy (non-hydrogen) atoms. The molecule has 0 saturated heterocycles. The number of ether oxygens (including phenoxy) is 1. The Labute approximate surface area is 206 Å². The molecule has 3 heterocycles. The summed E-state index contributed by atoms with van der Waals surface area (Å²) in [6.45, 7) is 3.87. The van der Waals surface area contributed by atoms with Gasteiger partial charge in [0.25, 0.3) is 11.5 Å². The monoisotopic (exact) mass is 481 g/mol. The van der Waals surface area contributed by atoms with Gasteiger partial charge in [0.15, 0.2) is 5.76 Å². The van der Waals surface area contributed by atoms with Gasteiger partial charge < -0.3 is 14.5 Å². The second-order valence-electron chi connectivity index (χ2n) is 8.27. The molecule has 1 amide bonds. The van der Waals surface area contributed by atoms with Crippen molar-refractivity contribution in [1.82, 2.24) is 19.7 Å². The van der Waals surface area contributed by atoms with Crippen molar-refractivity contribution in [2.45, 2.75) is 20.0 Å². The van der Waals surface area contributed by atoms with E-state index >= 15 is 0 Å². The van der Waals surface area contributed by atoms with Crippen molar-refractivity contribution in [3.63, 3.8) is 0 Å². The third kappa shape index (κ3) is 4.95. The van der Waals surface area contributed by atoms with E-state index in [4.69, 9.17) is 9.15 Å². The summed E-state index contributed by atoms with van der Waals surface area (Å²) < 4.78 is 12.5. The Bertz CT molecular complexity index is 1540. The predicted octanol–water partition coefficient (Wildman–Crippen LogP) is 4.92. The molecular formula is C27H23N5O4. The number of amides is 1. The van der Waals surface area contributed by atoms with Gasteiger partial charge in [-0.1, -0.05) is 30.3 Å². The van der Waals surface area contributed by atoms with E-state index < -0.39 is 0 Å².